The molecule has 0 bridgehead atoms. The molecule has 2 N–H and O–H groups in total. The summed E-state index contributed by atoms with van der Waals surface area (Å²) in [5, 5.41) is 22.8. The molecule has 2 aromatic rings. The summed E-state index contributed by atoms with van der Waals surface area (Å²) in [6.07, 6.45) is 2.27. The molecule has 6 heteroatoms. The molecule has 1 aliphatic heterocycles. The molecular formula is C12H13N3O3. The van der Waals surface area contributed by atoms with Gasteiger partial charge in [0.25, 0.3) is 11.8 Å². The number of aromatic hydroxyl groups is 2. The molecule has 1 saturated heterocycles. The maximum atomic E-state index is 9.72. The van der Waals surface area contributed by atoms with Crippen molar-refractivity contribution in [1.82, 2.24) is 10.1 Å². The maximum Gasteiger partial charge on any atom is 0.266 e. The maximum absolute atomic E-state index is 9.72. The number of phenolic OH excluding ortho intramolecular Hbond substituents is 2. The molecule has 0 spiro atoms. The molecule has 6 nitrogen and oxygen atoms in total. The predicted octanol–water partition coefficient (Wildman–Crippen LogP) is 1.75. The first-order chi connectivity index (χ1) is 8.74. The first kappa shape index (κ1) is 10.9. The summed E-state index contributed by atoms with van der Waals surface area (Å²) in [7, 11) is 0. The van der Waals surface area contributed by atoms with Crippen LogP contribution in [0.2, 0.25) is 0 Å². The Hall–Kier alpha value is -2.24. The Kier molecular flexibility index (Phi) is 2.55. The van der Waals surface area contributed by atoms with Gasteiger partial charge < -0.3 is 19.6 Å². The molecule has 94 valence electrons. The number of nitrogens with zero attached hydrogens (tertiary/aromatic N) is 3. The van der Waals surface area contributed by atoms with Crippen molar-refractivity contribution in [3.63, 3.8) is 0 Å². The van der Waals surface area contributed by atoms with E-state index in [2.05, 4.69) is 10.1 Å². The highest BCUT2D eigenvalue weighted by Gasteiger charge is 2.19. The minimum absolute atomic E-state index is 0.00414. The summed E-state index contributed by atoms with van der Waals surface area (Å²) in [6, 6.07) is 4.26. The van der Waals surface area contributed by atoms with E-state index in [0.717, 1.165) is 25.9 Å². The van der Waals surface area contributed by atoms with Gasteiger partial charge >= 0.3 is 0 Å². The van der Waals surface area contributed by atoms with Crippen LogP contribution in [0.4, 0.5) is 5.95 Å². The van der Waals surface area contributed by atoms with Gasteiger partial charge in [-0.3, -0.25) is 0 Å². The molecule has 0 radical (unpaired) electrons. The number of phenols is 2. The van der Waals surface area contributed by atoms with Crippen molar-refractivity contribution in [3.8, 4) is 23.0 Å². The van der Waals surface area contributed by atoms with Gasteiger partial charge in [-0.25, -0.2) is 0 Å². The summed E-state index contributed by atoms with van der Waals surface area (Å²) in [5.74, 6) is 0.728. The fourth-order valence-electron chi connectivity index (χ4n) is 2.07. The smallest absolute Gasteiger partial charge is 0.266 e. The zero-order valence-electron chi connectivity index (χ0n) is 9.70. The highest BCUT2D eigenvalue weighted by atomic mass is 16.5. The van der Waals surface area contributed by atoms with Crippen LogP contribution in [-0.4, -0.2) is 33.4 Å². The first-order valence-corrected chi connectivity index (χ1v) is 5.85. The van der Waals surface area contributed by atoms with Gasteiger partial charge in [0.1, 0.15) is 11.5 Å². The van der Waals surface area contributed by atoms with E-state index >= 15 is 0 Å². The van der Waals surface area contributed by atoms with Crippen molar-refractivity contribution in [2.24, 2.45) is 0 Å². The molecule has 2 heterocycles. The normalized spacial score (nSPS) is 15.2. The van der Waals surface area contributed by atoms with Crippen LogP contribution < -0.4 is 4.90 Å². The summed E-state index contributed by atoms with van der Waals surface area (Å²) in [5.41, 5.74) is 0.422. The van der Waals surface area contributed by atoms with Crippen molar-refractivity contribution in [2.75, 3.05) is 18.0 Å². The van der Waals surface area contributed by atoms with Gasteiger partial charge in [0.05, 0.1) is 5.56 Å². The third-order valence-electron chi connectivity index (χ3n) is 3.02. The van der Waals surface area contributed by atoms with E-state index in [1.54, 1.807) is 6.07 Å². The number of aromatic nitrogens is 2. The summed E-state index contributed by atoms with van der Waals surface area (Å²) >= 11 is 0. The van der Waals surface area contributed by atoms with Crippen LogP contribution in [0.25, 0.3) is 11.5 Å². The fraction of sp³-hybridized carbons (Fsp3) is 0.333. The van der Waals surface area contributed by atoms with Crippen LogP contribution in [0.15, 0.2) is 22.7 Å². The Morgan fingerprint density at radius 2 is 1.94 bits per heavy atom. The van der Waals surface area contributed by atoms with Crippen LogP contribution in [0, 0.1) is 0 Å². The van der Waals surface area contributed by atoms with E-state index < -0.39 is 0 Å². The standard InChI is InChI=1S/C12H13N3O3/c16-8-3-4-9(10(17)7-8)11-13-12(14-18-11)15-5-1-2-6-15/h3-4,7,16-17H,1-2,5-6H2. The topological polar surface area (TPSA) is 82.6 Å². The molecule has 3 rings (SSSR count). The molecule has 0 aliphatic carbocycles. The lowest BCUT2D eigenvalue weighted by molar-refractivity contribution is 0.421. The van der Waals surface area contributed by atoms with Gasteiger partial charge in [-0.15, -0.1) is 0 Å². The summed E-state index contributed by atoms with van der Waals surface area (Å²) in [6.45, 7) is 1.86. The SMILES string of the molecule is Oc1ccc(-c2nc(N3CCCC3)no2)c(O)c1. The van der Waals surface area contributed by atoms with E-state index in [4.69, 9.17) is 4.52 Å². The second-order valence-electron chi connectivity index (χ2n) is 4.30. The molecule has 1 aliphatic rings. The van der Waals surface area contributed by atoms with Crippen molar-refractivity contribution < 1.29 is 14.7 Å². The molecule has 0 atom stereocenters. The van der Waals surface area contributed by atoms with Gasteiger partial charge in [0, 0.05) is 19.2 Å². The average molecular weight is 247 g/mol. The highest BCUT2D eigenvalue weighted by molar-refractivity contribution is 5.64. The largest absolute Gasteiger partial charge is 0.508 e. The molecule has 0 amide bonds. The minimum atomic E-state index is -0.0772. The van der Waals surface area contributed by atoms with Crippen LogP contribution >= 0.6 is 0 Å². The fourth-order valence-corrected chi connectivity index (χ4v) is 2.07. The number of rotatable bonds is 2. The second-order valence-corrected chi connectivity index (χ2v) is 4.30. The molecule has 1 aromatic heterocycles. The molecule has 1 fully saturated rings. The van der Waals surface area contributed by atoms with E-state index in [1.165, 1.54) is 12.1 Å². The number of benzene rings is 1. The van der Waals surface area contributed by atoms with Gasteiger partial charge in [-0.2, -0.15) is 4.98 Å². The Bertz CT molecular complexity index is 561. The lowest BCUT2D eigenvalue weighted by atomic mass is 10.2. The minimum Gasteiger partial charge on any atom is -0.508 e. The summed E-state index contributed by atoms with van der Waals surface area (Å²) in [4.78, 5) is 6.31. The van der Waals surface area contributed by atoms with Gasteiger partial charge in [0.15, 0.2) is 0 Å². The van der Waals surface area contributed by atoms with Gasteiger partial charge in [-0.1, -0.05) is 0 Å². The number of anilines is 1. The summed E-state index contributed by atoms with van der Waals surface area (Å²) < 4.78 is 5.14. The van der Waals surface area contributed by atoms with Crippen LogP contribution in [0.3, 0.4) is 0 Å². The Morgan fingerprint density at radius 3 is 2.67 bits per heavy atom. The van der Waals surface area contributed by atoms with Crippen molar-refractivity contribution >= 4 is 5.95 Å². The lowest BCUT2D eigenvalue weighted by Gasteiger charge is -2.09. The van der Waals surface area contributed by atoms with E-state index in [1.807, 2.05) is 4.90 Å². The van der Waals surface area contributed by atoms with E-state index in [-0.39, 0.29) is 17.4 Å². The molecule has 18 heavy (non-hydrogen) atoms. The van der Waals surface area contributed by atoms with Crippen molar-refractivity contribution in [2.45, 2.75) is 12.8 Å². The van der Waals surface area contributed by atoms with Crippen LogP contribution in [-0.2, 0) is 0 Å². The number of hydrogen-bond donors (Lipinski definition) is 2. The molecule has 0 unspecified atom stereocenters. The number of hydrogen-bond acceptors (Lipinski definition) is 6. The molecule has 1 aromatic carbocycles. The van der Waals surface area contributed by atoms with E-state index in [0.29, 0.717) is 11.5 Å². The van der Waals surface area contributed by atoms with E-state index in [9.17, 15) is 10.2 Å². The van der Waals surface area contributed by atoms with Gasteiger partial charge in [0.2, 0.25) is 0 Å². The van der Waals surface area contributed by atoms with Crippen LogP contribution in [0.1, 0.15) is 12.8 Å². The molecular weight excluding hydrogens is 234 g/mol. The zero-order chi connectivity index (χ0) is 12.5. The third kappa shape index (κ3) is 1.85. The highest BCUT2D eigenvalue weighted by Crippen LogP contribution is 2.32. The van der Waals surface area contributed by atoms with Crippen molar-refractivity contribution in [1.29, 1.82) is 0 Å². The first-order valence-electron chi connectivity index (χ1n) is 5.85. The second kappa shape index (κ2) is 4.21. The monoisotopic (exact) mass is 247 g/mol. The zero-order valence-corrected chi connectivity index (χ0v) is 9.70. The predicted molar refractivity (Wildman–Crippen MR) is 64.5 cm³/mol. The molecule has 0 saturated carbocycles. The van der Waals surface area contributed by atoms with Crippen LogP contribution in [0.5, 0.6) is 11.5 Å². The van der Waals surface area contributed by atoms with Crippen molar-refractivity contribution in [3.05, 3.63) is 18.2 Å². The lowest BCUT2D eigenvalue weighted by Crippen LogP contribution is -2.18. The third-order valence-corrected chi connectivity index (χ3v) is 3.02. The Labute approximate surface area is 103 Å². The Balaban J connectivity index is 1.92. The quantitative estimate of drug-likeness (QED) is 0.841. The Morgan fingerprint density at radius 1 is 1.17 bits per heavy atom. The van der Waals surface area contributed by atoms with Gasteiger partial charge in [-0.05, 0) is 30.1 Å². The average Bonchev–Trinajstić information content (AvgIpc) is 2.99.